The number of rotatable bonds is 1. The normalized spacial score (nSPS) is 16.1. The zero-order chi connectivity index (χ0) is 15.5. The Labute approximate surface area is 124 Å². The summed E-state index contributed by atoms with van der Waals surface area (Å²) in [5.41, 5.74) is 0.0885. The molecular weight excluding hydrogens is 248 g/mol. The Morgan fingerprint density at radius 3 is 1.95 bits per heavy atom. The molecule has 0 N–H and O–H groups in total. The maximum Gasteiger partial charge on any atom is 0.147 e. The van der Waals surface area contributed by atoms with E-state index in [1.165, 1.54) is 0 Å². The number of hydrogen-bond donors (Lipinski definition) is 0. The Hall–Kier alpha value is -0.900. The summed E-state index contributed by atoms with van der Waals surface area (Å²) in [6.07, 6.45) is 0. The molecule has 1 aliphatic rings. The number of hydrogen-bond acceptors (Lipinski definition) is 3. The van der Waals surface area contributed by atoms with Gasteiger partial charge in [-0.15, -0.1) is 10.2 Å². The van der Waals surface area contributed by atoms with Gasteiger partial charge in [0.15, 0.2) is 0 Å². The third-order valence-corrected chi connectivity index (χ3v) is 3.18. The van der Waals surface area contributed by atoms with Gasteiger partial charge in [0, 0.05) is 24.5 Å². The first kappa shape index (κ1) is 17.2. The molecule has 0 radical (unpaired) electrons. The van der Waals surface area contributed by atoms with Crippen molar-refractivity contribution in [1.29, 1.82) is 0 Å². The highest BCUT2D eigenvalue weighted by atomic mass is 15.3. The minimum Gasteiger partial charge on any atom is -0.312 e. The molecule has 1 aliphatic heterocycles. The van der Waals surface area contributed by atoms with Crippen LogP contribution in [-0.4, -0.2) is 32.3 Å². The Morgan fingerprint density at radius 1 is 0.950 bits per heavy atom. The third kappa shape index (κ3) is 4.58. The molecular formula is C16H32N4. The van der Waals surface area contributed by atoms with Crippen LogP contribution < -0.4 is 0 Å². The molecule has 0 amide bonds. The number of nitrogens with zero attached hydrogens (tertiary/aromatic N) is 4. The molecule has 0 fully saturated rings. The Kier molecular flexibility index (Phi) is 5.75. The summed E-state index contributed by atoms with van der Waals surface area (Å²) in [5, 5.41) is 8.68. The van der Waals surface area contributed by atoms with Crippen molar-refractivity contribution in [3.8, 4) is 0 Å². The lowest BCUT2D eigenvalue weighted by Gasteiger charge is -2.32. The van der Waals surface area contributed by atoms with E-state index in [-0.39, 0.29) is 5.41 Å². The highest BCUT2D eigenvalue weighted by Crippen LogP contribution is 2.23. The van der Waals surface area contributed by atoms with E-state index in [1.807, 2.05) is 0 Å². The van der Waals surface area contributed by atoms with Gasteiger partial charge in [-0.05, 0) is 19.8 Å². The van der Waals surface area contributed by atoms with Crippen molar-refractivity contribution in [2.45, 2.75) is 79.9 Å². The highest BCUT2D eigenvalue weighted by Gasteiger charge is 2.27. The van der Waals surface area contributed by atoms with E-state index in [9.17, 15) is 0 Å². The predicted octanol–water partition coefficient (Wildman–Crippen LogP) is 3.46. The van der Waals surface area contributed by atoms with Crippen LogP contribution in [-0.2, 0) is 18.5 Å². The first-order valence-electron chi connectivity index (χ1n) is 7.79. The van der Waals surface area contributed by atoms with Crippen LogP contribution in [0.3, 0.4) is 0 Å². The molecule has 0 atom stereocenters. The molecule has 0 spiro atoms. The van der Waals surface area contributed by atoms with Gasteiger partial charge in [-0.2, -0.15) is 0 Å². The minimum atomic E-state index is 0.0885. The fraction of sp³-hybridized carbons (Fsp3) is 0.875. The van der Waals surface area contributed by atoms with Gasteiger partial charge in [0.2, 0.25) is 0 Å². The van der Waals surface area contributed by atoms with Crippen LogP contribution in [0, 0.1) is 5.92 Å². The summed E-state index contributed by atoms with van der Waals surface area (Å²) in [6, 6.07) is 0.587. The molecule has 4 nitrogen and oxygen atoms in total. The Balaban J connectivity index is 0.000000444. The second-order valence-electron chi connectivity index (χ2n) is 7.64. The molecule has 2 rings (SSSR count). The van der Waals surface area contributed by atoms with Crippen molar-refractivity contribution in [2.75, 3.05) is 6.54 Å². The summed E-state index contributed by atoms with van der Waals surface area (Å²) in [7, 11) is 0. The summed E-state index contributed by atoms with van der Waals surface area (Å²) in [6.45, 7) is 20.6. The maximum absolute atomic E-state index is 4.35. The lowest BCUT2D eigenvalue weighted by Crippen LogP contribution is -2.39. The molecule has 116 valence electrons. The van der Waals surface area contributed by atoms with Crippen molar-refractivity contribution in [3.63, 3.8) is 0 Å². The molecule has 0 aliphatic carbocycles. The molecule has 2 heterocycles. The summed E-state index contributed by atoms with van der Waals surface area (Å²) < 4.78 is 2.29. The zero-order valence-corrected chi connectivity index (χ0v) is 14.6. The second-order valence-corrected chi connectivity index (χ2v) is 7.64. The Bertz CT molecular complexity index is 410. The van der Waals surface area contributed by atoms with Crippen LogP contribution in [0.1, 0.15) is 67.0 Å². The van der Waals surface area contributed by atoms with Crippen molar-refractivity contribution in [3.05, 3.63) is 11.6 Å². The average molecular weight is 280 g/mol. The van der Waals surface area contributed by atoms with Crippen LogP contribution in [0.5, 0.6) is 0 Å². The first-order chi connectivity index (χ1) is 9.12. The Morgan fingerprint density at radius 2 is 1.50 bits per heavy atom. The van der Waals surface area contributed by atoms with Gasteiger partial charge < -0.3 is 4.57 Å². The quantitative estimate of drug-likeness (QED) is 0.790. The molecule has 1 aromatic heterocycles. The zero-order valence-electron chi connectivity index (χ0n) is 14.6. The smallest absolute Gasteiger partial charge is 0.147 e. The summed E-state index contributed by atoms with van der Waals surface area (Å²) in [4.78, 5) is 2.44. The molecule has 4 heteroatoms. The van der Waals surface area contributed by atoms with E-state index < -0.39 is 0 Å². The van der Waals surface area contributed by atoms with Gasteiger partial charge in [0.05, 0.1) is 6.54 Å². The van der Waals surface area contributed by atoms with E-state index in [2.05, 4.69) is 75.1 Å². The molecule has 0 unspecified atom stereocenters. The molecule has 0 saturated carbocycles. The topological polar surface area (TPSA) is 34.0 Å². The van der Waals surface area contributed by atoms with E-state index in [4.69, 9.17) is 0 Å². The number of aromatic nitrogens is 3. The third-order valence-electron chi connectivity index (χ3n) is 3.18. The fourth-order valence-electron chi connectivity index (χ4n) is 2.17. The van der Waals surface area contributed by atoms with Crippen molar-refractivity contribution in [2.24, 2.45) is 5.92 Å². The van der Waals surface area contributed by atoms with Crippen molar-refractivity contribution in [1.82, 2.24) is 19.7 Å². The minimum absolute atomic E-state index is 0.0885. The summed E-state index contributed by atoms with van der Waals surface area (Å²) >= 11 is 0. The van der Waals surface area contributed by atoms with Crippen LogP contribution >= 0.6 is 0 Å². The van der Waals surface area contributed by atoms with E-state index >= 15 is 0 Å². The first-order valence-corrected chi connectivity index (χ1v) is 7.79. The predicted molar refractivity (Wildman–Crippen MR) is 84.8 cm³/mol. The van der Waals surface area contributed by atoms with Crippen LogP contribution in [0.15, 0.2) is 0 Å². The second kappa shape index (κ2) is 6.70. The molecule has 0 bridgehead atoms. The lowest BCUT2D eigenvalue weighted by molar-refractivity contribution is 0.170. The van der Waals surface area contributed by atoms with E-state index in [0.29, 0.717) is 6.04 Å². The van der Waals surface area contributed by atoms with Crippen molar-refractivity contribution >= 4 is 0 Å². The van der Waals surface area contributed by atoms with Gasteiger partial charge in [-0.3, -0.25) is 4.90 Å². The lowest BCUT2D eigenvalue weighted by atomic mass is 9.95. The van der Waals surface area contributed by atoms with Crippen LogP contribution in [0.25, 0.3) is 0 Å². The standard InChI is InChI=1S/C12H22N4.C4H10/c1-9(2)15-6-7-16-10(8-15)13-14-11(16)12(3,4)5;1-4(2)3/h9H,6-8H2,1-5H3;4H,1-3H3. The van der Waals surface area contributed by atoms with Crippen molar-refractivity contribution < 1.29 is 0 Å². The highest BCUT2D eigenvalue weighted by molar-refractivity contribution is 5.07. The average Bonchev–Trinajstić information content (AvgIpc) is 2.69. The van der Waals surface area contributed by atoms with Gasteiger partial charge in [0.1, 0.15) is 11.6 Å². The molecule has 0 saturated heterocycles. The number of fused-ring (bicyclic) bond motifs is 1. The van der Waals surface area contributed by atoms with E-state index in [1.54, 1.807) is 0 Å². The van der Waals surface area contributed by atoms with Gasteiger partial charge in [-0.1, -0.05) is 41.5 Å². The van der Waals surface area contributed by atoms with Gasteiger partial charge in [-0.25, -0.2) is 0 Å². The van der Waals surface area contributed by atoms with E-state index in [0.717, 1.165) is 37.2 Å². The molecule has 20 heavy (non-hydrogen) atoms. The fourth-order valence-corrected chi connectivity index (χ4v) is 2.17. The largest absolute Gasteiger partial charge is 0.312 e. The molecule has 0 aromatic carbocycles. The van der Waals surface area contributed by atoms with Crippen LogP contribution in [0.4, 0.5) is 0 Å². The SMILES string of the molecule is CC(C)C.CC(C)N1CCn2c(nnc2C(C)(C)C)C1. The van der Waals surface area contributed by atoms with Crippen LogP contribution in [0.2, 0.25) is 0 Å². The maximum atomic E-state index is 4.35. The van der Waals surface area contributed by atoms with Gasteiger partial charge in [0.25, 0.3) is 0 Å². The summed E-state index contributed by atoms with van der Waals surface area (Å²) in [5.74, 6) is 3.07. The van der Waals surface area contributed by atoms with Gasteiger partial charge >= 0.3 is 0 Å². The molecule has 1 aromatic rings. The monoisotopic (exact) mass is 280 g/mol.